The number of hydrogen-bond acceptors (Lipinski definition) is 3. The Labute approximate surface area is 128 Å². The van der Waals surface area contributed by atoms with Crippen molar-refractivity contribution in [3.8, 4) is 0 Å². The van der Waals surface area contributed by atoms with Crippen molar-refractivity contribution in [2.75, 3.05) is 53.4 Å². The highest BCUT2D eigenvalue weighted by Crippen LogP contribution is 2.05. The standard InChI is InChI=1S/C12H27N5.HI/c1-5-16-6-8-17(9-7-16)11(2)10-15-12(13-3)14-4;/h11H,5-10H2,1-4H3,(H2,13,14,15);1H. The predicted octanol–water partition coefficient (Wildman–Crippen LogP) is 0.425. The summed E-state index contributed by atoms with van der Waals surface area (Å²) in [5.74, 6) is 0.865. The van der Waals surface area contributed by atoms with Gasteiger partial charge in [0.1, 0.15) is 0 Å². The lowest BCUT2D eigenvalue weighted by Crippen LogP contribution is -2.52. The van der Waals surface area contributed by atoms with E-state index in [-0.39, 0.29) is 24.0 Å². The van der Waals surface area contributed by atoms with E-state index in [0.29, 0.717) is 6.04 Å². The first-order chi connectivity index (χ1) is 8.21. The minimum atomic E-state index is 0. The molecular formula is C12H28IN5. The average molecular weight is 369 g/mol. The van der Waals surface area contributed by atoms with Gasteiger partial charge in [0.15, 0.2) is 5.96 Å². The Morgan fingerprint density at radius 3 is 2.33 bits per heavy atom. The zero-order chi connectivity index (χ0) is 12.7. The van der Waals surface area contributed by atoms with E-state index in [9.17, 15) is 0 Å². The van der Waals surface area contributed by atoms with Crippen LogP contribution in [0.3, 0.4) is 0 Å². The molecule has 2 N–H and O–H groups in total. The fourth-order valence-electron chi connectivity index (χ4n) is 2.17. The Hall–Kier alpha value is -0.0800. The molecule has 0 spiro atoms. The molecule has 0 radical (unpaired) electrons. The maximum absolute atomic E-state index is 4.12. The van der Waals surface area contributed by atoms with E-state index in [1.165, 1.54) is 32.7 Å². The summed E-state index contributed by atoms with van der Waals surface area (Å²) in [5.41, 5.74) is 0. The number of nitrogens with one attached hydrogen (secondary N) is 2. The summed E-state index contributed by atoms with van der Waals surface area (Å²) in [6, 6.07) is 0.555. The second kappa shape index (κ2) is 9.80. The van der Waals surface area contributed by atoms with Crippen molar-refractivity contribution in [3.05, 3.63) is 0 Å². The molecule has 1 rings (SSSR count). The van der Waals surface area contributed by atoms with Crippen molar-refractivity contribution >= 4 is 29.9 Å². The summed E-state index contributed by atoms with van der Waals surface area (Å²) in [6.07, 6.45) is 0. The fourth-order valence-corrected chi connectivity index (χ4v) is 2.17. The average Bonchev–Trinajstić information content (AvgIpc) is 2.39. The monoisotopic (exact) mass is 369 g/mol. The minimum absolute atomic E-state index is 0. The molecule has 18 heavy (non-hydrogen) atoms. The highest BCUT2D eigenvalue weighted by atomic mass is 127. The van der Waals surface area contributed by atoms with E-state index in [0.717, 1.165) is 12.5 Å². The zero-order valence-electron chi connectivity index (χ0n) is 12.1. The molecule has 0 bridgehead atoms. The van der Waals surface area contributed by atoms with Gasteiger partial charge in [0, 0.05) is 52.9 Å². The van der Waals surface area contributed by atoms with Gasteiger partial charge >= 0.3 is 0 Å². The Bertz CT molecular complexity index is 239. The first-order valence-corrected chi connectivity index (χ1v) is 6.56. The SMILES string of the molecule is CCN1CCN(C(C)CNC(=NC)NC)CC1.I. The van der Waals surface area contributed by atoms with Crippen LogP contribution < -0.4 is 10.6 Å². The Balaban J connectivity index is 0.00000289. The molecule has 1 fully saturated rings. The van der Waals surface area contributed by atoms with E-state index in [1.807, 2.05) is 7.05 Å². The molecule has 5 nitrogen and oxygen atoms in total. The minimum Gasteiger partial charge on any atom is -0.359 e. The normalized spacial score (nSPS) is 20.1. The molecule has 1 saturated heterocycles. The molecule has 1 unspecified atom stereocenters. The number of piperazine rings is 1. The van der Waals surface area contributed by atoms with Crippen LogP contribution in [0.2, 0.25) is 0 Å². The number of halogens is 1. The number of nitrogens with zero attached hydrogens (tertiary/aromatic N) is 3. The lowest BCUT2D eigenvalue weighted by molar-refractivity contribution is 0.107. The van der Waals surface area contributed by atoms with Crippen molar-refractivity contribution < 1.29 is 0 Å². The van der Waals surface area contributed by atoms with Crippen LogP contribution in [0.4, 0.5) is 0 Å². The maximum Gasteiger partial charge on any atom is 0.190 e. The zero-order valence-corrected chi connectivity index (χ0v) is 14.4. The molecule has 0 aromatic heterocycles. The smallest absolute Gasteiger partial charge is 0.190 e. The van der Waals surface area contributed by atoms with Crippen LogP contribution in [0.25, 0.3) is 0 Å². The highest BCUT2D eigenvalue weighted by Gasteiger charge is 2.19. The van der Waals surface area contributed by atoms with Gasteiger partial charge in [-0.2, -0.15) is 0 Å². The molecular weight excluding hydrogens is 341 g/mol. The second-order valence-corrected chi connectivity index (χ2v) is 4.52. The number of aliphatic imine (C=N–C) groups is 1. The van der Waals surface area contributed by atoms with Crippen molar-refractivity contribution in [1.29, 1.82) is 0 Å². The van der Waals surface area contributed by atoms with Gasteiger partial charge in [-0.3, -0.25) is 9.89 Å². The molecule has 0 aromatic carbocycles. The molecule has 0 saturated carbocycles. The molecule has 1 atom stereocenters. The molecule has 1 aliphatic heterocycles. The lowest BCUT2D eigenvalue weighted by Gasteiger charge is -2.37. The highest BCUT2D eigenvalue weighted by molar-refractivity contribution is 14.0. The lowest BCUT2D eigenvalue weighted by atomic mass is 10.2. The Morgan fingerprint density at radius 2 is 1.89 bits per heavy atom. The van der Waals surface area contributed by atoms with Crippen molar-refractivity contribution in [2.45, 2.75) is 19.9 Å². The van der Waals surface area contributed by atoms with Gasteiger partial charge in [-0.15, -0.1) is 24.0 Å². The van der Waals surface area contributed by atoms with Gasteiger partial charge in [0.2, 0.25) is 0 Å². The van der Waals surface area contributed by atoms with Crippen molar-refractivity contribution in [1.82, 2.24) is 20.4 Å². The summed E-state index contributed by atoms with van der Waals surface area (Å²) in [6.45, 7) is 11.4. The van der Waals surface area contributed by atoms with E-state index < -0.39 is 0 Å². The van der Waals surface area contributed by atoms with Crippen LogP contribution in [0.15, 0.2) is 4.99 Å². The topological polar surface area (TPSA) is 42.9 Å². The van der Waals surface area contributed by atoms with E-state index >= 15 is 0 Å². The van der Waals surface area contributed by atoms with Crippen molar-refractivity contribution in [2.24, 2.45) is 4.99 Å². The second-order valence-electron chi connectivity index (χ2n) is 4.52. The molecule has 0 aliphatic carbocycles. The van der Waals surface area contributed by atoms with Gasteiger partial charge in [-0.25, -0.2) is 0 Å². The quantitative estimate of drug-likeness (QED) is 0.429. The van der Waals surface area contributed by atoms with Crippen LogP contribution in [-0.2, 0) is 0 Å². The van der Waals surface area contributed by atoms with Crippen LogP contribution in [0.1, 0.15) is 13.8 Å². The number of guanidine groups is 1. The van der Waals surface area contributed by atoms with Crippen LogP contribution in [0.5, 0.6) is 0 Å². The third kappa shape index (κ3) is 5.71. The first kappa shape index (κ1) is 17.9. The van der Waals surface area contributed by atoms with E-state index in [1.54, 1.807) is 7.05 Å². The van der Waals surface area contributed by atoms with Crippen LogP contribution >= 0.6 is 24.0 Å². The van der Waals surface area contributed by atoms with Gasteiger partial charge < -0.3 is 15.5 Å². The largest absolute Gasteiger partial charge is 0.359 e. The van der Waals surface area contributed by atoms with Gasteiger partial charge in [0.25, 0.3) is 0 Å². The number of rotatable bonds is 4. The molecule has 1 aliphatic rings. The molecule has 108 valence electrons. The van der Waals surface area contributed by atoms with Gasteiger partial charge in [0.05, 0.1) is 0 Å². The van der Waals surface area contributed by atoms with Crippen LogP contribution in [0, 0.1) is 0 Å². The fraction of sp³-hybridized carbons (Fsp3) is 0.917. The summed E-state index contributed by atoms with van der Waals surface area (Å²) >= 11 is 0. The molecule has 0 aromatic rings. The summed E-state index contributed by atoms with van der Waals surface area (Å²) < 4.78 is 0. The maximum atomic E-state index is 4.12. The predicted molar refractivity (Wildman–Crippen MR) is 89.0 cm³/mol. The van der Waals surface area contributed by atoms with Gasteiger partial charge in [-0.05, 0) is 13.5 Å². The van der Waals surface area contributed by atoms with E-state index in [4.69, 9.17) is 0 Å². The van der Waals surface area contributed by atoms with E-state index in [2.05, 4.69) is 39.3 Å². The summed E-state index contributed by atoms with van der Waals surface area (Å²) in [4.78, 5) is 9.16. The molecule has 6 heteroatoms. The molecule has 0 amide bonds. The third-order valence-electron chi connectivity index (χ3n) is 3.50. The third-order valence-corrected chi connectivity index (χ3v) is 3.50. The van der Waals surface area contributed by atoms with Crippen molar-refractivity contribution in [3.63, 3.8) is 0 Å². The number of hydrogen-bond donors (Lipinski definition) is 2. The summed E-state index contributed by atoms with van der Waals surface area (Å²) in [7, 11) is 3.68. The molecule has 1 heterocycles. The number of likely N-dealkylation sites (N-methyl/N-ethyl adjacent to an activating group) is 1. The Kier molecular flexibility index (Phi) is 9.76. The summed E-state index contributed by atoms with van der Waals surface area (Å²) in [5, 5.41) is 6.36. The first-order valence-electron chi connectivity index (χ1n) is 6.56. The van der Waals surface area contributed by atoms with Gasteiger partial charge in [-0.1, -0.05) is 6.92 Å². The van der Waals surface area contributed by atoms with Crippen LogP contribution in [-0.4, -0.2) is 75.2 Å². The Morgan fingerprint density at radius 1 is 1.28 bits per heavy atom.